The number of nitrogens with one attached hydrogen (secondary N) is 3. The lowest BCUT2D eigenvalue weighted by Crippen LogP contribution is -2.56. The largest absolute Gasteiger partial charge is 0.361 e. The number of benzene rings is 3. The predicted octanol–water partition coefficient (Wildman–Crippen LogP) is 6.17. The van der Waals surface area contributed by atoms with Crippen molar-refractivity contribution >= 4 is 50.0 Å². The molecule has 0 bridgehead atoms. The summed E-state index contributed by atoms with van der Waals surface area (Å²) in [6.45, 7) is 5.68. The topological polar surface area (TPSA) is 128 Å². The van der Waals surface area contributed by atoms with Crippen molar-refractivity contribution in [3.8, 4) is 11.1 Å². The van der Waals surface area contributed by atoms with Crippen LogP contribution in [0.3, 0.4) is 0 Å². The number of carbonyl (C=O) groups is 3. The summed E-state index contributed by atoms with van der Waals surface area (Å²) < 4.78 is 27.8. The molecule has 0 unspecified atom stereocenters. The van der Waals surface area contributed by atoms with E-state index in [1.54, 1.807) is 36.7 Å². The molecule has 256 valence electrons. The van der Waals surface area contributed by atoms with Gasteiger partial charge in [-0.25, -0.2) is 8.42 Å². The second-order valence-corrected chi connectivity index (χ2v) is 15.1. The molecule has 5 aromatic rings. The average Bonchev–Trinajstić information content (AvgIpc) is 3.76. The first-order chi connectivity index (χ1) is 23.4. The number of aryl methyl sites for hydroxylation is 2. The van der Waals surface area contributed by atoms with Crippen LogP contribution in [-0.2, 0) is 32.5 Å². The highest BCUT2D eigenvalue weighted by atomic mass is 32.2. The van der Waals surface area contributed by atoms with Gasteiger partial charge >= 0.3 is 0 Å². The second-order valence-electron chi connectivity index (χ2n) is 12.5. The highest BCUT2D eigenvalue weighted by Gasteiger charge is 2.33. The number of likely N-dealkylation sites (N-methyl/N-ethyl adjacent to an activating group) is 1. The molecule has 3 aromatic carbocycles. The fourth-order valence-corrected chi connectivity index (χ4v) is 7.83. The molecule has 3 N–H and O–H groups in total. The molecule has 0 radical (unpaired) electrons. The number of hydrogen-bond acceptors (Lipinski definition) is 6. The van der Waals surface area contributed by atoms with Crippen LogP contribution in [0.1, 0.15) is 52.4 Å². The Morgan fingerprint density at radius 3 is 2.29 bits per heavy atom. The minimum atomic E-state index is -3.93. The SMILES string of the molecule is CCCCS(=O)(=O)NC(=O)[C@H](Cc1c[nH]c2ccccc12)NC(=O)[C@@H](Cc1ccc(-c2ccsc2)cc1)N(C)C(=O)c1cc(C)cc(C)c1. The lowest BCUT2D eigenvalue weighted by Gasteiger charge is -2.29. The monoisotopic (exact) mass is 698 g/mol. The lowest BCUT2D eigenvalue weighted by molar-refractivity contribution is -0.130. The summed E-state index contributed by atoms with van der Waals surface area (Å²) in [5, 5.41) is 7.76. The average molecular weight is 699 g/mol. The van der Waals surface area contributed by atoms with E-state index < -0.39 is 33.9 Å². The Kier molecular flexibility index (Phi) is 11.4. The normalized spacial score (nSPS) is 12.7. The van der Waals surface area contributed by atoms with Gasteiger partial charge in [0.1, 0.15) is 12.1 Å². The van der Waals surface area contributed by atoms with E-state index in [1.807, 2.05) is 86.8 Å². The van der Waals surface area contributed by atoms with Crippen LogP contribution in [0, 0.1) is 13.8 Å². The highest BCUT2D eigenvalue weighted by Crippen LogP contribution is 2.24. The second kappa shape index (κ2) is 15.7. The summed E-state index contributed by atoms with van der Waals surface area (Å²) in [6.07, 6.45) is 2.98. The van der Waals surface area contributed by atoms with Gasteiger partial charge in [-0.1, -0.05) is 73.0 Å². The van der Waals surface area contributed by atoms with Gasteiger partial charge in [-0.3, -0.25) is 19.1 Å². The number of sulfonamides is 1. The maximum Gasteiger partial charge on any atom is 0.256 e. The number of aromatic nitrogens is 1. The van der Waals surface area contributed by atoms with Crippen LogP contribution in [0.5, 0.6) is 0 Å². The summed E-state index contributed by atoms with van der Waals surface area (Å²) in [6, 6.07) is 20.7. The van der Waals surface area contributed by atoms with Crippen LogP contribution in [-0.4, -0.2) is 60.9 Å². The fourth-order valence-electron chi connectivity index (χ4n) is 5.94. The molecule has 2 heterocycles. The number of unbranched alkanes of at least 4 members (excludes halogenated alkanes) is 1. The van der Waals surface area contributed by atoms with Crippen LogP contribution in [0.4, 0.5) is 0 Å². The van der Waals surface area contributed by atoms with Crippen molar-refractivity contribution in [2.45, 2.75) is 58.5 Å². The predicted molar refractivity (Wildman–Crippen MR) is 196 cm³/mol. The van der Waals surface area contributed by atoms with Crippen molar-refractivity contribution in [3.05, 3.63) is 118 Å². The molecule has 2 atom stereocenters. The van der Waals surface area contributed by atoms with Gasteiger partial charge < -0.3 is 15.2 Å². The summed E-state index contributed by atoms with van der Waals surface area (Å²) >= 11 is 1.61. The first kappa shape index (κ1) is 35.6. The number of rotatable bonds is 14. The van der Waals surface area contributed by atoms with E-state index in [-0.39, 0.29) is 24.5 Å². The van der Waals surface area contributed by atoms with E-state index in [0.717, 1.165) is 44.3 Å². The number of carbonyl (C=O) groups excluding carboxylic acids is 3. The Hall–Kier alpha value is -4.74. The smallest absolute Gasteiger partial charge is 0.256 e. The lowest BCUT2D eigenvalue weighted by atomic mass is 9.99. The Morgan fingerprint density at radius 2 is 1.61 bits per heavy atom. The number of para-hydroxylation sites is 1. The summed E-state index contributed by atoms with van der Waals surface area (Å²) in [5.74, 6) is -1.97. The number of H-pyrrole nitrogens is 1. The van der Waals surface area contributed by atoms with Gasteiger partial charge in [-0.15, -0.1) is 0 Å². The maximum atomic E-state index is 14.3. The summed E-state index contributed by atoms with van der Waals surface area (Å²) in [7, 11) is -2.36. The molecule has 11 heteroatoms. The Balaban J connectivity index is 1.47. The maximum absolute atomic E-state index is 14.3. The quantitative estimate of drug-likeness (QED) is 0.128. The van der Waals surface area contributed by atoms with E-state index >= 15 is 0 Å². The molecular formula is C38H42N4O5S2. The van der Waals surface area contributed by atoms with Crippen LogP contribution >= 0.6 is 11.3 Å². The number of amides is 3. The molecule has 0 aliphatic carbocycles. The van der Waals surface area contributed by atoms with E-state index in [4.69, 9.17) is 0 Å². The molecule has 0 fully saturated rings. The van der Waals surface area contributed by atoms with Gasteiger partial charge in [0.15, 0.2) is 0 Å². The molecule has 0 saturated carbocycles. The Labute approximate surface area is 291 Å². The molecule has 0 aliphatic rings. The van der Waals surface area contributed by atoms with Crippen LogP contribution in [0.25, 0.3) is 22.0 Å². The molecule has 9 nitrogen and oxygen atoms in total. The van der Waals surface area contributed by atoms with E-state index in [1.165, 1.54) is 4.90 Å². The van der Waals surface area contributed by atoms with Crippen LogP contribution < -0.4 is 10.0 Å². The van der Waals surface area contributed by atoms with Gasteiger partial charge in [-0.2, -0.15) is 11.3 Å². The van der Waals surface area contributed by atoms with E-state index in [2.05, 4.69) is 20.4 Å². The van der Waals surface area contributed by atoms with Gasteiger partial charge in [0.2, 0.25) is 15.9 Å². The molecule has 49 heavy (non-hydrogen) atoms. The first-order valence-corrected chi connectivity index (χ1v) is 18.9. The Morgan fingerprint density at radius 1 is 0.898 bits per heavy atom. The highest BCUT2D eigenvalue weighted by molar-refractivity contribution is 7.90. The van der Waals surface area contributed by atoms with Crippen molar-refractivity contribution in [2.75, 3.05) is 12.8 Å². The van der Waals surface area contributed by atoms with Crippen molar-refractivity contribution < 1.29 is 22.8 Å². The number of nitrogens with zero attached hydrogens (tertiary/aromatic N) is 1. The molecular weight excluding hydrogens is 657 g/mol. The zero-order valence-electron chi connectivity index (χ0n) is 28.2. The molecule has 0 aliphatic heterocycles. The van der Waals surface area contributed by atoms with Crippen LogP contribution in [0.2, 0.25) is 0 Å². The standard InChI is InChI=1S/C38H42N4O5S2/c1-5-6-17-49(46,47)41-36(43)34(22-31-23-39-33-10-8-7-9-32(31)33)40-37(44)35(42(4)38(45)30-19-25(2)18-26(3)20-30)21-27-11-13-28(14-12-27)29-15-16-48-24-29/h7-16,18-20,23-24,34-35,39H,5-6,17,21-22H2,1-4H3,(H,40,44)(H,41,43)/t34-,35+/m0/s1. The molecule has 5 rings (SSSR count). The number of hydrogen-bond donors (Lipinski definition) is 3. The summed E-state index contributed by atoms with van der Waals surface area (Å²) in [5.41, 5.74) is 6.81. The fraction of sp³-hybridized carbons (Fsp3) is 0.289. The number of thiophene rings is 1. The third kappa shape index (κ3) is 9.04. The third-order valence-corrected chi connectivity index (χ3v) is 10.6. The minimum absolute atomic E-state index is 0.0294. The molecule has 3 amide bonds. The molecule has 2 aromatic heterocycles. The van der Waals surface area contributed by atoms with Gasteiger partial charge in [-0.05, 0) is 77.5 Å². The third-order valence-electron chi connectivity index (χ3n) is 8.55. The number of fused-ring (bicyclic) bond motifs is 1. The van der Waals surface area contributed by atoms with Gasteiger partial charge in [0.05, 0.1) is 5.75 Å². The Bertz CT molecular complexity index is 2020. The zero-order valence-corrected chi connectivity index (χ0v) is 29.8. The molecule has 0 spiro atoms. The van der Waals surface area contributed by atoms with Crippen molar-refractivity contribution in [2.24, 2.45) is 0 Å². The van der Waals surface area contributed by atoms with Gasteiger partial charge in [0.25, 0.3) is 11.8 Å². The minimum Gasteiger partial charge on any atom is -0.361 e. The van der Waals surface area contributed by atoms with Crippen molar-refractivity contribution in [1.29, 1.82) is 0 Å². The van der Waals surface area contributed by atoms with E-state index in [9.17, 15) is 22.8 Å². The zero-order chi connectivity index (χ0) is 35.1. The van der Waals surface area contributed by atoms with Crippen molar-refractivity contribution in [3.63, 3.8) is 0 Å². The molecule has 0 saturated heterocycles. The summed E-state index contributed by atoms with van der Waals surface area (Å²) in [4.78, 5) is 46.4. The van der Waals surface area contributed by atoms with Crippen molar-refractivity contribution in [1.82, 2.24) is 19.9 Å². The van der Waals surface area contributed by atoms with Gasteiger partial charge in [0, 0.05) is 42.6 Å². The van der Waals surface area contributed by atoms with E-state index in [0.29, 0.717) is 18.4 Å². The number of aromatic amines is 1. The van der Waals surface area contributed by atoms with Crippen LogP contribution in [0.15, 0.2) is 89.8 Å². The first-order valence-electron chi connectivity index (χ1n) is 16.3.